The largest absolute Gasteiger partial charge is 0.477 e. The Bertz CT molecular complexity index is 517. The summed E-state index contributed by atoms with van der Waals surface area (Å²) in [5, 5.41) is 9.39. The maximum absolute atomic E-state index is 12.2. The quantitative estimate of drug-likeness (QED) is 0.184. The molecule has 0 saturated carbocycles. The molecule has 0 saturated heterocycles. The van der Waals surface area contributed by atoms with Crippen LogP contribution in [0, 0.1) is 0 Å². The third-order valence-corrected chi connectivity index (χ3v) is 5.01. The summed E-state index contributed by atoms with van der Waals surface area (Å²) in [7, 11) is 5.46. The topological polar surface area (TPSA) is 99.1 Å². The second-order valence-electron chi connectivity index (χ2n) is 8.90. The SMILES string of the molecule is CCCCCCCC(=O)OC(COCCC(C(=O)O)[N+](C)(C)C)COC(=O)CCCC. The first-order valence-corrected chi connectivity index (χ1v) is 11.6. The standard InChI is InChI=1S/C23H43NO7/c1-6-8-10-11-12-14-22(26)31-19(18-30-21(25)13-9-7-2)17-29-16-15-20(23(27)28)24(3,4)5/h19-20H,6-18H2,1-5H3/p+1. The van der Waals surface area contributed by atoms with Gasteiger partial charge in [0.05, 0.1) is 34.4 Å². The monoisotopic (exact) mass is 446 g/mol. The molecule has 0 spiro atoms. The van der Waals surface area contributed by atoms with Crippen LogP contribution in [-0.4, -0.2) is 80.6 Å². The van der Waals surface area contributed by atoms with E-state index < -0.39 is 18.1 Å². The number of carbonyl (C=O) groups is 3. The van der Waals surface area contributed by atoms with Crippen LogP contribution in [-0.2, 0) is 28.6 Å². The number of carboxylic acids is 1. The predicted molar refractivity (Wildman–Crippen MR) is 119 cm³/mol. The Labute approximate surface area is 187 Å². The third-order valence-electron chi connectivity index (χ3n) is 5.01. The number of aliphatic carboxylic acids is 1. The summed E-state index contributed by atoms with van der Waals surface area (Å²) in [6, 6.07) is -0.601. The van der Waals surface area contributed by atoms with Crippen LogP contribution < -0.4 is 0 Å². The summed E-state index contributed by atoms with van der Waals surface area (Å²) < 4.78 is 16.6. The lowest BCUT2D eigenvalue weighted by molar-refractivity contribution is -0.887. The van der Waals surface area contributed by atoms with Crippen LogP contribution in [0.4, 0.5) is 0 Å². The number of rotatable bonds is 19. The molecule has 0 bridgehead atoms. The van der Waals surface area contributed by atoms with Gasteiger partial charge in [-0.1, -0.05) is 46.0 Å². The average molecular weight is 447 g/mol. The zero-order chi connectivity index (χ0) is 23.7. The highest BCUT2D eigenvalue weighted by molar-refractivity contribution is 5.72. The van der Waals surface area contributed by atoms with Gasteiger partial charge in [0.15, 0.2) is 12.1 Å². The minimum Gasteiger partial charge on any atom is -0.477 e. The van der Waals surface area contributed by atoms with Crippen molar-refractivity contribution in [2.45, 2.75) is 90.2 Å². The van der Waals surface area contributed by atoms with E-state index in [1.54, 1.807) is 0 Å². The van der Waals surface area contributed by atoms with Gasteiger partial charge >= 0.3 is 17.9 Å². The third kappa shape index (κ3) is 15.7. The predicted octanol–water partition coefficient (Wildman–Crippen LogP) is 3.56. The summed E-state index contributed by atoms with van der Waals surface area (Å²) in [4.78, 5) is 35.4. The summed E-state index contributed by atoms with van der Waals surface area (Å²) in [6.07, 6.45) is 7.09. The van der Waals surface area contributed by atoms with Crippen molar-refractivity contribution in [3.8, 4) is 0 Å². The van der Waals surface area contributed by atoms with Gasteiger partial charge in [0.1, 0.15) is 6.61 Å². The fraction of sp³-hybridized carbons (Fsp3) is 0.870. The van der Waals surface area contributed by atoms with Crippen LogP contribution >= 0.6 is 0 Å². The summed E-state index contributed by atoms with van der Waals surface area (Å²) in [5.74, 6) is -1.53. The Morgan fingerprint density at radius 3 is 2.03 bits per heavy atom. The van der Waals surface area contributed by atoms with Crippen molar-refractivity contribution < 1.29 is 38.2 Å². The molecule has 0 aromatic carbocycles. The number of carbonyl (C=O) groups excluding carboxylic acids is 2. The zero-order valence-corrected chi connectivity index (χ0v) is 20.2. The van der Waals surface area contributed by atoms with Crippen molar-refractivity contribution in [3.63, 3.8) is 0 Å². The Balaban J connectivity index is 4.56. The van der Waals surface area contributed by atoms with E-state index in [9.17, 15) is 19.5 Å². The molecule has 182 valence electrons. The Morgan fingerprint density at radius 1 is 0.839 bits per heavy atom. The first kappa shape index (κ1) is 29.3. The van der Waals surface area contributed by atoms with Crippen molar-refractivity contribution in [2.24, 2.45) is 0 Å². The molecule has 0 heterocycles. The molecular weight excluding hydrogens is 402 g/mol. The molecule has 2 unspecified atom stereocenters. The Hall–Kier alpha value is -1.67. The number of quaternary nitrogens is 1. The molecule has 0 aliphatic rings. The molecule has 0 aromatic rings. The smallest absolute Gasteiger partial charge is 0.362 e. The fourth-order valence-electron chi connectivity index (χ4n) is 3.06. The van der Waals surface area contributed by atoms with Crippen LogP contribution in [0.5, 0.6) is 0 Å². The molecule has 0 aromatic heterocycles. The van der Waals surface area contributed by atoms with E-state index in [-0.39, 0.29) is 36.2 Å². The first-order valence-electron chi connectivity index (χ1n) is 11.6. The number of nitrogens with zero attached hydrogens (tertiary/aromatic N) is 1. The fourth-order valence-corrected chi connectivity index (χ4v) is 3.06. The van der Waals surface area contributed by atoms with E-state index in [1.807, 2.05) is 28.1 Å². The zero-order valence-electron chi connectivity index (χ0n) is 20.2. The van der Waals surface area contributed by atoms with Crippen LogP contribution in [0.2, 0.25) is 0 Å². The molecule has 0 aliphatic heterocycles. The Morgan fingerprint density at radius 2 is 1.45 bits per heavy atom. The van der Waals surface area contributed by atoms with E-state index in [4.69, 9.17) is 14.2 Å². The first-order chi connectivity index (χ1) is 14.6. The summed E-state index contributed by atoms with van der Waals surface area (Å²) >= 11 is 0. The molecule has 1 N–H and O–H groups in total. The molecule has 0 amide bonds. The maximum Gasteiger partial charge on any atom is 0.362 e. The molecule has 8 heteroatoms. The van der Waals surface area contributed by atoms with Gasteiger partial charge < -0.3 is 23.8 Å². The van der Waals surface area contributed by atoms with E-state index in [2.05, 4.69) is 6.92 Å². The van der Waals surface area contributed by atoms with Gasteiger partial charge in [-0.15, -0.1) is 0 Å². The molecule has 31 heavy (non-hydrogen) atoms. The normalized spacial score (nSPS) is 13.5. The number of hydrogen-bond acceptors (Lipinski definition) is 6. The van der Waals surface area contributed by atoms with Gasteiger partial charge in [-0.25, -0.2) is 4.79 Å². The van der Waals surface area contributed by atoms with Crippen molar-refractivity contribution in [3.05, 3.63) is 0 Å². The van der Waals surface area contributed by atoms with E-state index in [0.29, 0.717) is 19.3 Å². The molecular formula is C23H44NO7+. The van der Waals surface area contributed by atoms with Crippen LogP contribution in [0.3, 0.4) is 0 Å². The minimum atomic E-state index is -0.882. The summed E-state index contributed by atoms with van der Waals surface area (Å²) in [6.45, 7) is 4.35. The lowest BCUT2D eigenvalue weighted by atomic mass is 10.1. The highest BCUT2D eigenvalue weighted by atomic mass is 16.6. The lowest BCUT2D eigenvalue weighted by Crippen LogP contribution is -2.50. The van der Waals surface area contributed by atoms with E-state index in [0.717, 1.165) is 44.9 Å². The van der Waals surface area contributed by atoms with Gasteiger partial charge in [0, 0.05) is 19.3 Å². The van der Waals surface area contributed by atoms with Gasteiger partial charge in [-0.05, 0) is 12.8 Å². The maximum atomic E-state index is 12.2. The summed E-state index contributed by atoms with van der Waals surface area (Å²) in [5.41, 5.74) is 0. The Kier molecular flexibility index (Phi) is 16.0. The van der Waals surface area contributed by atoms with Crippen LogP contribution in [0.15, 0.2) is 0 Å². The second kappa shape index (κ2) is 17.0. The van der Waals surface area contributed by atoms with Crippen molar-refractivity contribution >= 4 is 17.9 Å². The number of hydrogen-bond donors (Lipinski definition) is 1. The van der Waals surface area contributed by atoms with Crippen LogP contribution in [0.1, 0.15) is 78.1 Å². The number of esters is 2. The minimum absolute atomic E-state index is 0.0538. The second-order valence-corrected chi connectivity index (χ2v) is 8.90. The lowest BCUT2D eigenvalue weighted by Gasteiger charge is -2.31. The number of likely N-dealkylation sites (N-methyl/N-ethyl adjacent to an activating group) is 1. The van der Waals surface area contributed by atoms with Gasteiger partial charge in [0.2, 0.25) is 0 Å². The number of unbranched alkanes of at least 4 members (excludes halogenated alkanes) is 5. The van der Waals surface area contributed by atoms with Crippen molar-refractivity contribution in [1.29, 1.82) is 0 Å². The van der Waals surface area contributed by atoms with Gasteiger partial charge in [0.25, 0.3) is 0 Å². The molecule has 0 fully saturated rings. The van der Waals surface area contributed by atoms with Crippen LogP contribution in [0.25, 0.3) is 0 Å². The molecule has 0 radical (unpaired) electrons. The molecule has 8 nitrogen and oxygen atoms in total. The molecule has 2 atom stereocenters. The van der Waals surface area contributed by atoms with Gasteiger partial charge in [-0.3, -0.25) is 9.59 Å². The highest BCUT2D eigenvalue weighted by Crippen LogP contribution is 2.10. The van der Waals surface area contributed by atoms with Crippen molar-refractivity contribution in [1.82, 2.24) is 0 Å². The number of ether oxygens (including phenoxy) is 3. The average Bonchev–Trinajstić information content (AvgIpc) is 2.68. The number of carboxylic acid groups (broad SMARTS) is 1. The van der Waals surface area contributed by atoms with E-state index >= 15 is 0 Å². The molecule has 0 aliphatic carbocycles. The van der Waals surface area contributed by atoms with E-state index in [1.165, 1.54) is 0 Å². The highest BCUT2D eigenvalue weighted by Gasteiger charge is 2.31. The van der Waals surface area contributed by atoms with Crippen molar-refractivity contribution in [2.75, 3.05) is 41.0 Å². The van der Waals surface area contributed by atoms with Gasteiger partial charge in [-0.2, -0.15) is 0 Å². The molecule has 0 rings (SSSR count).